The Morgan fingerprint density at radius 3 is 2.91 bits per heavy atom. The summed E-state index contributed by atoms with van der Waals surface area (Å²) in [5.74, 6) is 1.73. The van der Waals surface area contributed by atoms with Gasteiger partial charge < -0.3 is 9.64 Å². The van der Waals surface area contributed by atoms with Gasteiger partial charge in [0.2, 0.25) is 5.91 Å². The Morgan fingerprint density at radius 2 is 2.13 bits per heavy atom. The number of rotatable bonds is 5. The van der Waals surface area contributed by atoms with Crippen LogP contribution in [0.4, 0.5) is 0 Å². The molecule has 0 N–H and O–H groups in total. The lowest BCUT2D eigenvalue weighted by Gasteiger charge is -2.35. The Kier molecular flexibility index (Phi) is 5.21. The Morgan fingerprint density at radius 1 is 1.26 bits per heavy atom. The van der Waals surface area contributed by atoms with Gasteiger partial charge in [0.25, 0.3) is 0 Å². The minimum Gasteiger partial charge on any atom is -0.497 e. The maximum absolute atomic E-state index is 12.8. The maximum Gasteiger partial charge on any atom is 0.227 e. The third kappa shape index (κ3) is 3.86. The molecule has 0 unspecified atom stereocenters. The molecule has 1 amide bonds. The van der Waals surface area contributed by atoms with E-state index in [1.807, 2.05) is 24.3 Å². The van der Waals surface area contributed by atoms with Gasteiger partial charge >= 0.3 is 0 Å². The van der Waals surface area contributed by atoms with Crippen LogP contribution in [0.1, 0.15) is 31.7 Å². The molecule has 3 saturated heterocycles. The van der Waals surface area contributed by atoms with Crippen LogP contribution in [0.2, 0.25) is 0 Å². The summed E-state index contributed by atoms with van der Waals surface area (Å²) in [6.07, 6.45) is 4.19. The molecule has 0 saturated carbocycles. The molecule has 0 aromatic heterocycles. The summed E-state index contributed by atoms with van der Waals surface area (Å²) in [5.41, 5.74) is 1.04. The minimum atomic E-state index is 0.258. The minimum absolute atomic E-state index is 0.258. The summed E-state index contributed by atoms with van der Waals surface area (Å²) in [6.45, 7) is 6.41. The van der Waals surface area contributed by atoms with Crippen LogP contribution in [0.15, 0.2) is 24.3 Å². The van der Waals surface area contributed by atoms with Gasteiger partial charge in [-0.25, -0.2) is 0 Å². The van der Waals surface area contributed by atoms with Crippen LogP contribution in [0.25, 0.3) is 0 Å². The molecule has 23 heavy (non-hydrogen) atoms. The van der Waals surface area contributed by atoms with E-state index in [1.54, 1.807) is 7.11 Å². The fourth-order valence-electron chi connectivity index (χ4n) is 4.01. The van der Waals surface area contributed by atoms with Gasteiger partial charge in [-0.2, -0.15) is 0 Å². The number of methoxy groups -OCH3 is 1. The second-order valence-electron chi connectivity index (χ2n) is 6.92. The van der Waals surface area contributed by atoms with Gasteiger partial charge in [0.05, 0.1) is 13.5 Å². The maximum atomic E-state index is 12.8. The van der Waals surface area contributed by atoms with Crippen LogP contribution in [0.5, 0.6) is 5.75 Å². The van der Waals surface area contributed by atoms with E-state index in [1.165, 1.54) is 32.4 Å². The molecule has 3 heterocycles. The first-order valence-corrected chi connectivity index (χ1v) is 8.84. The summed E-state index contributed by atoms with van der Waals surface area (Å²) >= 11 is 0. The molecule has 1 aromatic carbocycles. The van der Waals surface area contributed by atoms with Crippen molar-refractivity contribution in [1.82, 2.24) is 9.80 Å². The van der Waals surface area contributed by atoms with Gasteiger partial charge in [-0.3, -0.25) is 9.69 Å². The van der Waals surface area contributed by atoms with E-state index in [0.29, 0.717) is 18.4 Å². The van der Waals surface area contributed by atoms with E-state index in [4.69, 9.17) is 4.74 Å². The molecule has 126 valence electrons. The number of hydrogen-bond donors (Lipinski definition) is 0. The number of hydrogen-bond acceptors (Lipinski definition) is 3. The van der Waals surface area contributed by atoms with Gasteiger partial charge in [0, 0.05) is 25.7 Å². The zero-order chi connectivity index (χ0) is 16.2. The first kappa shape index (κ1) is 16.3. The fraction of sp³-hybridized carbons (Fsp3) is 0.632. The number of fused-ring (bicyclic) bond motifs is 4. The number of piperidine rings is 1. The summed E-state index contributed by atoms with van der Waals surface area (Å²) in [7, 11) is 1.66. The number of amides is 1. The molecular weight excluding hydrogens is 288 g/mol. The van der Waals surface area contributed by atoms with Gasteiger partial charge in [-0.05, 0) is 49.4 Å². The number of benzene rings is 1. The van der Waals surface area contributed by atoms with Gasteiger partial charge in [-0.15, -0.1) is 0 Å². The fourth-order valence-corrected chi connectivity index (χ4v) is 4.01. The summed E-state index contributed by atoms with van der Waals surface area (Å²) in [5, 5.41) is 0. The number of ether oxygens (including phenoxy) is 1. The standard InChI is InChI=1S/C19H28N2O2/c1-3-9-20-12-16-7-8-17(20)14-21(13-16)19(22)11-15-5-4-6-18(10-15)23-2/h4-6,10,16-17H,3,7-9,11-14H2,1-2H3/t16-,17-/m1/s1. The van der Waals surface area contributed by atoms with Gasteiger partial charge in [0.1, 0.15) is 5.75 Å². The largest absolute Gasteiger partial charge is 0.497 e. The molecule has 3 fully saturated rings. The topological polar surface area (TPSA) is 32.8 Å². The average Bonchev–Trinajstić information content (AvgIpc) is 2.87. The van der Waals surface area contributed by atoms with E-state index in [0.717, 1.165) is 24.4 Å². The number of carbonyl (C=O) groups excluding carboxylic acids is 1. The summed E-state index contributed by atoms with van der Waals surface area (Å²) in [6, 6.07) is 8.41. The van der Waals surface area contributed by atoms with Crippen LogP contribution < -0.4 is 4.74 Å². The smallest absolute Gasteiger partial charge is 0.227 e. The zero-order valence-corrected chi connectivity index (χ0v) is 14.3. The molecule has 4 heteroatoms. The van der Waals surface area contributed by atoms with E-state index >= 15 is 0 Å². The molecule has 0 spiro atoms. The monoisotopic (exact) mass is 316 g/mol. The quantitative estimate of drug-likeness (QED) is 0.837. The van der Waals surface area contributed by atoms with E-state index < -0.39 is 0 Å². The molecule has 2 atom stereocenters. The van der Waals surface area contributed by atoms with Crippen LogP contribution in [-0.4, -0.2) is 55.0 Å². The van der Waals surface area contributed by atoms with E-state index in [9.17, 15) is 4.79 Å². The Hall–Kier alpha value is -1.55. The number of nitrogens with zero attached hydrogens (tertiary/aromatic N) is 2. The Balaban J connectivity index is 1.65. The molecule has 3 aliphatic heterocycles. The molecular formula is C19H28N2O2. The Labute approximate surface area is 139 Å². The van der Waals surface area contributed by atoms with Crippen LogP contribution >= 0.6 is 0 Å². The average molecular weight is 316 g/mol. The molecule has 0 aliphatic carbocycles. The lowest BCUT2D eigenvalue weighted by molar-refractivity contribution is -0.130. The highest BCUT2D eigenvalue weighted by Crippen LogP contribution is 2.28. The van der Waals surface area contributed by atoms with Crippen LogP contribution in [0.3, 0.4) is 0 Å². The molecule has 4 nitrogen and oxygen atoms in total. The highest BCUT2D eigenvalue weighted by molar-refractivity contribution is 5.79. The molecule has 3 aliphatic rings. The third-order valence-electron chi connectivity index (χ3n) is 5.18. The van der Waals surface area contributed by atoms with E-state index in [2.05, 4.69) is 16.7 Å². The van der Waals surface area contributed by atoms with Crippen molar-refractivity contribution in [2.75, 3.05) is 33.3 Å². The normalized spacial score (nSPS) is 24.5. The first-order chi connectivity index (χ1) is 11.2. The van der Waals surface area contributed by atoms with Gasteiger partial charge in [0.15, 0.2) is 0 Å². The number of carbonyl (C=O) groups is 1. The van der Waals surface area contributed by atoms with Crippen molar-refractivity contribution in [3.63, 3.8) is 0 Å². The van der Waals surface area contributed by atoms with E-state index in [-0.39, 0.29) is 5.91 Å². The van der Waals surface area contributed by atoms with Crippen molar-refractivity contribution in [2.24, 2.45) is 5.92 Å². The summed E-state index contributed by atoms with van der Waals surface area (Å²) in [4.78, 5) is 17.5. The lowest BCUT2D eigenvalue weighted by Crippen LogP contribution is -2.44. The van der Waals surface area contributed by atoms with Crippen molar-refractivity contribution in [3.8, 4) is 5.75 Å². The lowest BCUT2D eigenvalue weighted by atomic mass is 9.95. The molecule has 0 radical (unpaired) electrons. The predicted octanol–water partition coefficient (Wildman–Crippen LogP) is 2.57. The highest BCUT2D eigenvalue weighted by atomic mass is 16.5. The first-order valence-electron chi connectivity index (χ1n) is 8.84. The van der Waals surface area contributed by atoms with Crippen molar-refractivity contribution in [1.29, 1.82) is 0 Å². The summed E-state index contributed by atoms with van der Waals surface area (Å²) < 4.78 is 5.26. The van der Waals surface area contributed by atoms with Crippen molar-refractivity contribution in [2.45, 2.75) is 38.6 Å². The molecule has 4 rings (SSSR count). The van der Waals surface area contributed by atoms with Crippen LogP contribution in [-0.2, 0) is 11.2 Å². The zero-order valence-electron chi connectivity index (χ0n) is 14.3. The van der Waals surface area contributed by atoms with Crippen molar-refractivity contribution < 1.29 is 9.53 Å². The SMILES string of the molecule is CCCN1C[C@H]2CC[C@@H]1CN(C(=O)Cc1cccc(OC)c1)C2. The third-order valence-corrected chi connectivity index (χ3v) is 5.18. The highest BCUT2D eigenvalue weighted by Gasteiger charge is 2.35. The molecule has 1 aromatic rings. The predicted molar refractivity (Wildman–Crippen MR) is 91.7 cm³/mol. The van der Waals surface area contributed by atoms with Crippen molar-refractivity contribution in [3.05, 3.63) is 29.8 Å². The van der Waals surface area contributed by atoms with Crippen molar-refractivity contribution >= 4 is 5.91 Å². The van der Waals surface area contributed by atoms with Gasteiger partial charge in [-0.1, -0.05) is 19.1 Å². The second-order valence-corrected chi connectivity index (χ2v) is 6.92. The van der Waals surface area contributed by atoms with Crippen LogP contribution in [0, 0.1) is 5.92 Å². The second kappa shape index (κ2) is 7.35. The molecule has 2 bridgehead atoms. The Bertz CT molecular complexity index is 546.